The first-order chi connectivity index (χ1) is 14.5. The molecule has 0 spiro atoms. The highest BCUT2D eigenvalue weighted by atomic mass is 79.9. The first-order valence-corrected chi connectivity index (χ1v) is 11.8. The van der Waals surface area contributed by atoms with Gasteiger partial charge in [-0.05, 0) is 43.3 Å². The second-order valence-electron chi connectivity index (χ2n) is 6.64. The number of nitrogens with zero attached hydrogens (tertiary/aromatic N) is 2. The number of hydrogen-bond donors (Lipinski definition) is 0. The van der Waals surface area contributed by atoms with Gasteiger partial charge in [0, 0.05) is 33.7 Å². The lowest BCUT2D eigenvalue weighted by atomic mass is 10.1. The van der Waals surface area contributed by atoms with Crippen LogP contribution in [-0.2, 0) is 11.3 Å². The van der Waals surface area contributed by atoms with Gasteiger partial charge in [0.2, 0.25) is 0 Å². The summed E-state index contributed by atoms with van der Waals surface area (Å²) in [4.78, 5) is 14.9. The Morgan fingerprint density at radius 1 is 1.27 bits per heavy atom. The van der Waals surface area contributed by atoms with Gasteiger partial charge in [0.1, 0.15) is 16.7 Å². The van der Waals surface area contributed by atoms with Crippen LogP contribution in [0.4, 0.5) is 0 Å². The molecule has 0 bridgehead atoms. The van der Waals surface area contributed by atoms with Gasteiger partial charge in [0.15, 0.2) is 0 Å². The predicted octanol–water partition coefficient (Wildman–Crippen LogP) is 6.36. The first-order valence-electron chi connectivity index (χ1n) is 9.39. The summed E-state index contributed by atoms with van der Waals surface area (Å²) in [6.45, 7) is 3.62. The molecule has 1 aromatic heterocycles. The maximum Gasteiger partial charge on any atom is 0.266 e. The zero-order chi connectivity index (χ0) is 21.3. The fourth-order valence-corrected chi connectivity index (χ4v) is 5.25. The van der Waals surface area contributed by atoms with Gasteiger partial charge in [0.05, 0.1) is 16.5 Å². The molecule has 0 atom stereocenters. The fourth-order valence-electron chi connectivity index (χ4n) is 3.33. The first kappa shape index (κ1) is 21.4. The molecule has 0 aliphatic carbocycles. The van der Waals surface area contributed by atoms with Crippen molar-refractivity contribution in [1.82, 2.24) is 9.47 Å². The van der Waals surface area contributed by atoms with E-state index in [1.54, 1.807) is 4.90 Å². The molecule has 1 aliphatic rings. The van der Waals surface area contributed by atoms with Gasteiger partial charge in [-0.1, -0.05) is 63.6 Å². The van der Waals surface area contributed by atoms with Crippen molar-refractivity contribution in [2.45, 2.75) is 13.5 Å². The minimum absolute atomic E-state index is 0.0366. The summed E-state index contributed by atoms with van der Waals surface area (Å²) >= 11 is 16.4. The lowest BCUT2D eigenvalue weighted by Crippen LogP contribution is -2.27. The van der Waals surface area contributed by atoms with Crippen molar-refractivity contribution in [1.29, 1.82) is 0 Å². The number of thiocarbonyl (C=S) groups is 1. The molecule has 2 heterocycles. The van der Waals surface area contributed by atoms with E-state index in [0.29, 0.717) is 39.7 Å². The van der Waals surface area contributed by atoms with E-state index in [2.05, 4.69) is 32.6 Å². The van der Waals surface area contributed by atoms with Crippen molar-refractivity contribution in [2.24, 2.45) is 0 Å². The van der Waals surface area contributed by atoms with Crippen LogP contribution in [0.3, 0.4) is 0 Å². The van der Waals surface area contributed by atoms with E-state index in [4.69, 9.17) is 28.6 Å². The molecule has 0 radical (unpaired) electrons. The average Bonchev–Trinajstić information content (AvgIpc) is 3.19. The predicted molar refractivity (Wildman–Crippen MR) is 132 cm³/mol. The monoisotopic (exact) mass is 520 g/mol. The molecule has 1 amide bonds. The molecular weight excluding hydrogens is 504 g/mol. The SMILES string of the molecule is CCN1C(=O)/C(=C/c2cn(CCOc3ccccc3Cl)c3ccc(Br)cc23)SC1=S. The number of thioether (sulfide) groups is 1. The van der Waals surface area contributed by atoms with E-state index in [-0.39, 0.29) is 5.91 Å². The third-order valence-corrected chi connectivity index (χ3v) is 6.96. The summed E-state index contributed by atoms with van der Waals surface area (Å²) in [7, 11) is 0. The molecule has 1 saturated heterocycles. The molecule has 3 aromatic rings. The molecule has 1 fully saturated rings. The van der Waals surface area contributed by atoms with Gasteiger partial charge in [-0.25, -0.2) is 0 Å². The van der Waals surface area contributed by atoms with Gasteiger partial charge in [0.25, 0.3) is 5.91 Å². The maximum absolute atomic E-state index is 12.6. The van der Waals surface area contributed by atoms with Crippen LogP contribution in [0.15, 0.2) is 58.0 Å². The van der Waals surface area contributed by atoms with E-state index < -0.39 is 0 Å². The lowest BCUT2D eigenvalue weighted by Gasteiger charge is -2.09. The van der Waals surface area contributed by atoms with E-state index >= 15 is 0 Å². The van der Waals surface area contributed by atoms with Crippen LogP contribution in [-0.4, -0.2) is 32.8 Å². The summed E-state index contributed by atoms with van der Waals surface area (Å²) in [5.41, 5.74) is 2.04. The van der Waals surface area contributed by atoms with Gasteiger partial charge in [-0.2, -0.15) is 0 Å². The molecule has 154 valence electrons. The average molecular weight is 522 g/mol. The Hall–Kier alpha value is -1.80. The topological polar surface area (TPSA) is 34.5 Å². The summed E-state index contributed by atoms with van der Waals surface area (Å²) in [6.07, 6.45) is 3.97. The van der Waals surface area contributed by atoms with Crippen molar-refractivity contribution in [2.75, 3.05) is 13.2 Å². The fraction of sp³-hybridized carbons (Fsp3) is 0.182. The molecule has 0 unspecified atom stereocenters. The highest BCUT2D eigenvalue weighted by Crippen LogP contribution is 2.35. The van der Waals surface area contributed by atoms with Gasteiger partial charge < -0.3 is 9.30 Å². The molecule has 1 aliphatic heterocycles. The summed E-state index contributed by atoms with van der Waals surface area (Å²) in [6, 6.07) is 13.6. The number of benzene rings is 2. The van der Waals surface area contributed by atoms with E-state index in [1.807, 2.05) is 49.5 Å². The third-order valence-electron chi connectivity index (χ3n) is 4.78. The number of carbonyl (C=O) groups is 1. The minimum atomic E-state index is -0.0366. The smallest absolute Gasteiger partial charge is 0.266 e. The molecule has 30 heavy (non-hydrogen) atoms. The van der Waals surface area contributed by atoms with E-state index in [1.165, 1.54) is 11.8 Å². The van der Waals surface area contributed by atoms with Crippen LogP contribution in [0.25, 0.3) is 17.0 Å². The van der Waals surface area contributed by atoms with E-state index in [9.17, 15) is 4.79 Å². The van der Waals surface area contributed by atoms with Crippen molar-refractivity contribution in [3.63, 3.8) is 0 Å². The van der Waals surface area contributed by atoms with Crippen molar-refractivity contribution in [3.8, 4) is 5.75 Å². The summed E-state index contributed by atoms with van der Waals surface area (Å²) in [5, 5.41) is 1.65. The Morgan fingerprint density at radius 2 is 2.07 bits per heavy atom. The number of carbonyl (C=O) groups excluding carboxylic acids is 1. The number of aromatic nitrogens is 1. The highest BCUT2D eigenvalue weighted by Gasteiger charge is 2.30. The second kappa shape index (κ2) is 9.14. The summed E-state index contributed by atoms with van der Waals surface area (Å²) < 4.78 is 9.57. The highest BCUT2D eigenvalue weighted by molar-refractivity contribution is 9.10. The number of fused-ring (bicyclic) bond motifs is 1. The van der Waals surface area contributed by atoms with Crippen LogP contribution < -0.4 is 4.74 Å². The number of rotatable bonds is 6. The largest absolute Gasteiger partial charge is 0.490 e. The zero-order valence-electron chi connectivity index (χ0n) is 16.1. The molecular formula is C22H18BrClN2O2S2. The van der Waals surface area contributed by atoms with Crippen molar-refractivity contribution in [3.05, 3.63) is 68.6 Å². The van der Waals surface area contributed by atoms with Crippen LogP contribution >= 0.6 is 51.5 Å². The molecule has 0 saturated carbocycles. The maximum atomic E-state index is 12.6. The standard InChI is InChI=1S/C22H18BrClN2O2S2/c1-2-26-21(27)20(30-22(26)29)11-14-13-25(18-8-7-15(23)12-16(14)18)9-10-28-19-6-4-3-5-17(19)24/h3-8,11-13H,2,9-10H2,1H3/b20-11-. The van der Waals surface area contributed by atoms with E-state index in [0.717, 1.165) is 20.9 Å². The number of ether oxygens (including phenoxy) is 1. The Kier molecular flexibility index (Phi) is 6.53. The number of likely N-dealkylation sites (N-methyl/N-ethyl adjacent to an activating group) is 1. The van der Waals surface area contributed by atoms with Crippen LogP contribution in [0.5, 0.6) is 5.75 Å². The van der Waals surface area contributed by atoms with Crippen LogP contribution in [0, 0.1) is 0 Å². The number of hydrogen-bond acceptors (Lipinski definition) is 4. The third kappa shape index (κ3) is 4.30. The second-order valence-corrected chi connectivity index (χ2v) is 9.64. The zero-order valence-corrected chi connectivity index (χ0v) is 20.1. The van der Waals surface area contributed by atoms with Crippen LogP contribution in [0.2, 0.25) is 5.02 Å². The van der Waals surface area contributed by atoms with Crippen molar-refractivity contribution < 1.29 is 9.53 Å². The molecule has 4 rings (SSSR count). The molecule has 4 nitrogen and oxygen atoms in total. The van der Waals surface area contributed by atoms with Crippen LogP contribution in [0.1, 0.15) is 12.5 Å². The molecule has 2 aromatic carbocycles. The Balaban J connectivity index is 1.63. The molecule has 8 heteroatoms. The number of halogens is 2. The van der Waals surface area contributed by atoms with Gasteiger partial charge in [-0.3, -0.25) is 9.69 Å². The number of para-hydroxylation sites is 1. The minimum Gasteiger partial charge on any atom is -0.490 e. The van der Waals surface area contributed by atoms with Crippen molar-refractivity contribution >= 4 is 78.7 Å². The number of amides is 1. The Morgan fingerprint density at radius 3 is 2.80 bits per heavy atom. The van der Waals surface area contributed by atoms with Gasteiger partial charge in [-0.15, -0.1) is 0 Å². The normalized spacial score (nSPS) is 15.6. The Bertz CT molecular complexity index is 1180. The Labute approximate surface area is 198 Å². The lowest BCUT2D eigenvalue weighted by molar-refractivity contribution is -0.121. The van der Waals surface area contributed by atoms with Gasteiger partial charge >= 0.3 is 0 Å². The quantitative estimate of drug-likeness (QED) is 0.279. The molecule has 0 N–H and O–H groups in total. The summed E-state index contributed by atoms with van der Waals surface area (Å²) in [5.74, 6) is 0.632.